The number of rotatable bonds is 6. The first-order valence-electron chi connectivity index (χ1n) is 7.18. The van der Waals surface area contributed by atoms with Gasteiger partial charge in [0, 0.05) is 0 Å². The van der Waals surface area contributed by atoms with E-state index in [0.29, 0.717) is 5.56 Å². The second kappa shape index (κ2) is 8.78. The highest BCUT2D eigenvalue weighted by molar-refractivity contribution is 5.85. The minimum Gasteiger partial charge on any atom is -0.493 e. The van der Waals surface area contributed by atoms with Crippen LogP contribution in [0.4, 0.5) is 18.9 Å². The maximum atomic E-state index is 12.2. The Balaban J connectivity index is 0.00000364. The van der Waals surface area contributed by atoms with Crippen LogP contribution in [0.25, 0.3) is 0 Å². The fourth-order valence-electron chi connectivity index (χ4n) is 2.35. The van der Waals surface area contributed by atoms with Crippen molar-refractivity contribution in [3.8, 4) is 17.2 Å². The van der Waals surface area contributed by atoms with E-state index in [1.165, 1.54) is 38.5 Å². The van der Waals surface area contributed by atoms with Gasteiger partial charge in [0.1, 0.15) is 5.75 Å². The molecule has 0 unspecified atom stereocenters. The Morgan fingerprint density at radius 2 is 1.59 bits per heavy atom. The molecule has 2 aromatic carbocycles. The quantitative estimate of drug-likeness (QED) is 0.573. The minimum absolute atomic E-state index is 0. The molecule has 27 heavy (non-hydrogen) atoms. The van der Waals surface area contributed by atoms with E-state index in [9.17, 15) is 23.3 Å². The van der Waals surface area contributed by atoms with Crippen molar-refractivity contribution in [3.63, 3.8) is 0 Å². The molecule has 0 aliphatic carbocycles. The highest BCUT2D eigenvalue weighted by Gasteiger charge is 2.31. The van der Waals surface area contributed by atoms with Gasteiger partial charge in [-0.2, -0.15) is 0 Å². The van der Waals surface area contributed by atoms with Crippen molar-refractivity contribution in [3.05, 3.63) is 57.6 Å². The van der Waals surface area contributed by atoms with Crippen LogP contribution >= 0.6 is 12.4 Å². The lowest BCUT2D eigenvalue weighted by Crippen LogP contribution is -2.17. The second-order valence-electron chi connectivity index (χ2n) is 5.12. The number of nitrogens with zero attached hydrogens (tertiary/aromatic N) is 1. The van der Waals surface area contributed by atoms with Crippen LogP contribution in [0.3, 0.4) is 0 Å². The number of hydrogen-bond acceptors (Lipinski definition) is 6. The number of methoxy groups -OCH3 is 2. The van der Waals surface area contributed by atoms with E-state index in [0.717, 1.165) is 12.1 Å². The lowest BCUT2D eigenvalue weighted by molar-refractivity contribution is -0.385. The molecule has 148 valence electrons. The van der Waals surface area contributed by atoms with Gasteiger partial charge in [0.15, 0.2) is 11.5 Å². The molecule has 0 aliphatic rings. The van der Waals surface area contributed by atoms with Crippen LogP contribution in [0.1, 0.15) is 17.2 Å². The van der Waals surface area contributed by atoms with Crippen molar-refractivity contribution < 1.29 is 32.3 Å². The fraction of sp³-hybridized carbons (Fsp3) is 0.250. The Labute approximate surface area is 158 Å². The lowest BCUT2D eigenvalue weighted by Gasteiger charge is -2.16. The molecule has 2 N–H and O–H groups in total. The molecule has 0 aliphatic heterocycles. The van der Waals surface area contributed by atoms with Crippen molar-refractivity contribution >= 4 is 18.1 Å². The minimum atomic E-state index is -4.81. The van der Waals surface area contributed by atoms with Gasteiger partial charge in [-0.25, -0.2) is 0 Å². The zero-order valence-electron chi connectivity index (χ0n) is 14.1. The third-order valence-electron chi connectivity index (χ3n) is 3.54. The lowest BCUT2D eigenvalue weighted by atomic mass is 9.97. The summed E-state index contributed by atoms with van der Waals surface area (Å²) in [4.78, 5) is 10.7. The first-order valence-corrected chi connectivity index (χ1v) is 7.18. The molecular formula is C16H16ClF3N2O5. The molecule has 0 amide bonds. The molecule has 0 radical (unpaired) electrons. The number of ether oxygens (including phenoxy) is 3. The van der Waals surface area contributed by atoms with Crippen LogP contribution in [0, 0.1) is 10.1 Å². The summed E-state index contributed by atoms with van der Waals surface area (Å²) in [6.45, 7) is 0. The van der Waals surface area contributed by atoms with Gasteiger partial charge in [-0.3, -0.25) is 10.1 Å². The van der Waals surface area contributed by atoms with Crippen molar-refractivity contribution in [2.24, 2.45) is 5.73 Å². The predicted molar refractivity (Wildman–Crippen MR) is 92.6 cm³/mol. The smallest absolute Gasteiger partial charge is 0.493 e. The monoisotopic (exact) mass is 408 g/mol. The molecule has 0 heterocycles. The molecule has 11 heteroatoms. The second-order valence-corrected chi connectivity index (χ2v) is 5.12. The first-order chi connectivity index (χ1) is 12.2. The predicted octanol–water partition coefficient (Wildman–Crippen LogP) is 3.98. The van der Waals surface area contributed by atoms with Crippen molar-refractivity contribution in [1.29, 1.82) is 0 Å². The number of benzene rings is 2. The third-order valence-corrected chi connectivity index (χ3v) is 3.54. The van der Waals surface area contributed by atoms with Gasteiger partial charge in [-0.05, 0) is 23.8 Å². The van der Waals surface area contributed by atoms with Crippen LogP contribution < -0.4 is 19.9 Å². The van der Waals surface area contributed by atoms with Crippen molar-refractivity contribution in [2.45, 2.75) is 12.4 Å². The van der Waals surface area contributed by atoms with Crippen LogP contribution in [0.5, 0.6) is 17.2 Å². The van der Waals surface area contributed by atoms with Gasteiger partial charge in [-0.1, -0.05) is 12.1 Å². The van der Waals surface area contributed by atoms with Crippen LogP contribution in [-0.2, 0) is 0 Å². The fourth-order valence-corrected chi connectivity index (χ4v) is 2.35. The molecule has 0 saturated carbocycles. The van der Waals surface area contributed by atoms with E-state index in [1.807, 2.05) is 0 Å². The zero-order chi connectivity index (χ0) is 19.5. The molecule has 0 spiro atoms. The molecule has 2 aromatic rings. The Kier molecular flexibility index (Phi) is 7.26. The Hall–Kier alpha value is -2.72. The molecule has 0 saturated heterocycles. The molecule has 7 nitrogen and oxygen atoms in total. The largest absolute Gasteiger partial charge is 0.573 e. The highest BCUT2D eigenvalue weighted by Crippen LogP contribution is 2.38. The average Bonchev–Trinajstić information content (AvgIpc) is 2.59. The summed E-state index contributed by atoms with van der Waals surface area (Å²) in [6, 6.07) is 6.31. The summed E-state index contributed by atoms with van der Waals surface area (Å²) < 4.78 is 50.6. The third kappa shape index (κ3) is 5.38. The van der Waals surface area contributed by atoms with Gasteiger partial charge in [0.25, 0.3) is 5.69 Å². The normalized spacial score (nSPS) is 11.9. The summed E-state index contributed by atoms with van der Waals surface area (Å²) >= 11 is 0. The molecular weight excluding hydrogens is 393 g/mol. The van der Waals surface area contributed by atoms with Gasteiger partial charge in [0.2, 0.25) is 0 Å². The number of nitro groups is 1. The Morgan fingerprint density at radius 1 is 1.07 bits per heavy atom. The number of alkyl halides is 3. The van der Waals surface area contributed by atoms with Crippen molar-refractivity contribution in [2.75, 3.05) is 14.2 Å². The standard InChI is InChI=1S/C16H15F3N2O5.ClH/c1-24-13-7-11(12(21(22)23)8-14(13)25-2)15(20)9-3-5-10(6-4-9)26-16(17,18)19;/h3-8,15H,20H2,1-2H3;1H/t15-;/m0./s1. The topological polar surface area (TPSA) is 96.9 Å². The summed E-state index contributed by atoms with van der Waals surface area (Å²) in [7, 11) is 2.70. The number of halogens is 4. The first kappa shape index (κ1) is 22.3. The zero-order valence-corrected chi connectivity index (χ0v) is 15.0. The van der Waals surface area contributed by atoms with Crippen LogP contribution in [0.15, 0.2) is 36.4 Å². The number of nitrogens with two attached hydrogens (primary N) is 1. The number of nitro benzene ring substituents is 1. The van der Waals surface area contributed by atoms with Crippen LogP contribution in [-0.4, -0.2) is 25.5 Å². The SMILES string of the molecule is COc1cc([C@@H](N)c2ccc(OC(F)(F)F)cc2)c([N+](=O)[O-])cc1OC.Cl. The molecule has 0 bridgehead atoms. The van der Waals surface area contributed by atoms with Crippen molar-refractivity contribution in [1.82, 2.24) is 0 Å². The van der Waals surface area contributed by atoms with Gasteiger partial charge >= 0.3 is 6.36 Å². The summed E-state index contributed by atoms with van der Waals surface area (Å²) in [6.07, 6.45) is -4.81. The molecule has 0 fully saturated rings. The maximum Gasteiger partial charge on any atom is 0.573 e. The summed E-state index contributed by atoms with van der Waals surface area (Å²) in [5.41, 5.74) is 6.26. The van der Waals surface area contributed by atoms with E-state index < -0.39 is 23.1 Å². The van der Waals surface area contributed by atoms with E-state index >= 15 is 0 Å². The summed E-state index contributed by atoms with van der Waals surface area (Å²) in [5.74, 6) is -0.0279. The average molecular weight is 409 g/mol. The highest BCUT2D eigenvalue weighted by atomic mass is 35.5. The van der Waals surface area contributed by atoms with Crippen LogP contribution in [0.2, 0.25) is 0 Å². The number of hydrogen-bond donors (Lipinski definition) is 1. The molecule has 2 rings (SSSR count). The summed E-state index contributed by atoms with van der Waals surface area (Å²) in [5, 5.41) is 11.3. The van der Waals surface area contributed by atoms with E-state index in [4.69, 9.17) is 15.2 Å². The van der Waals surface area contributed by atoms with Gasteiger partial charge in [-0.15, -0.1) is 25.6 Å². The van der Waals surface area contributed by atoms with E-state index in [1.54, 1.807) is 0 Å². The van der Waals surface area contributed by atoms with Gasteiger partial charge in [0.05, 0.1) is 36.8 Å². The van der Waals surface area contributed by atoms with Gasteiger partial charge < -0.3 is 19.9 Å². The van der Waals surface area contributed by atoms with E-state index in [2.05, 4.69) is 4.74 Å². The molecule has 1 atom stereocenters. The Bertz CT molecular complexity index is 800. The Morgan fingerprint density at radius 3 is 2.04 bits per heavy atom. The van der Waals surface area contributed by atoms with E-state index in [-0.39, 0.29) is 35.2 Å². The molecule has 0 aromatic heterocycles. The maximum absolute atomic E-state index is 12.2.